The van der Waals surface area contributed by atoms with E-state index < -0.39 is 45.3 Å². The highest BCUT2D eigenvalue weighted by atomic mass is 32.2. The van der Waals surface area contributed by atoms with Gasteiger partial charge in [0.2, 0.25) is 0 Å². The number of aryl methyl sites for hydroxylation is 3. The molecule has 4 aromatic rings. The van der Waals surface area contributed by atoms with Crippen LogP contribution in [0, 0.1) is 11.6 Å². The number of amides is 1. The average molecular weight is 682 g/mol. The molecular formula is C36H41F2N3O6S. The van der Waals surface area contributed by atoms with Crippen LogP contribution >= 0.6 is 0 Å². The number of hydrogen-bond donors (Lipinski definition) is 1. The fourth-order valence-electron chi connectivity index (χ4n) is 5.01. The van der Waals surface area contributed by atoms with Crippen LogP contribution in [0.15, 0.2) is 79.1 Å². The molecule has 0 aliphatic heterocycles. The van der Waals surface area contributed by atoms with Crippen LogP contribution in [-0.4, -0.2) is 53.5 Å². The van der Waals surface area contributed by atoms with E-state index in [9.17, 15) is 26.8 Å². The number of aromatic nitrogens is 2. The number of hydrogen-bond acceptors (Lipinski definition) is 7. The molecule has 4 rings (SSSR count). The largest absolute Gasteiger partial charge is 0.485 e. The summed E-state index contributed by atoms with van der Waals surface area (Å²) in [7, 11) is -1.60. The van der Waals surface area contributed by atoms with E-state index in [1.807, 2.05) is 11.6 Å². The Balaban J connectivity index is 1.68. The third kappa shape index (κ3) is 11.0. The number of carbonyl (C=O) groups is 2. The molecule has 12 heteroatoms. The average Bonchev–Trinajstić information content (AvgIpc) is 3.41. The second-order valence-electron chi connectivity index (χ2n) is 12.7. The van der Waals surface area contributed by atoms with Gasteiger partial charge in [0.15, 0.2) is 0 Å². The topological polar surface area (TPSA) is 117 Å². The van der Waals surface area contributed by atoms with Crippen LogP contribution in [0.2, 0.25) is 0 Å². The highest BCUT2D eigenvalue weighted by Crippen LogP contribution is 2.28. The third-order valence-corrected chi connectivity index (χ3v) is 8.48. The molecule has 256 valence electrons. The summed E-state index contributed by atoms with van der Waals surface area (Å²) in [6, 6.07) is 15.8. The normalized spacial score (nSPS) is 13.1. The van der Waals surface area contributed by atoms with Crippen molar-refractivity contribution < 1.29 is 36.3 Å². The lowest BCUT2D eigenvalue weighted by molar-refractivity contribution is -0.157. The van der Waals surface area contributed by atoms with Gasteiger partial charge in [-0.15, -0.1) is 0 Å². The number of esters is 1. The third-order valence-electron chi connectivity index (χ3n) is 7.51. The Labute approximate surface area is 280 Å². The zero-order chi connectivity index (χ0) is 35.1. The first-order chi connectivity index (χ1) is 22.6. The predicted octanol–water partition coefficient (Wildman–Crippen LogP) is 5.72. The van der Waals surface area contributed by atoms with Crippen LogP contribution in [0.25, 0.3) is 0 Å². The van der Waals surface area contributed by atoms with E-state index in [1.165, 1.54) is 24.3 Å². The van der Waals surface area contributed by atoms with Crippen molar-refractivity contribution in [2.24, 2.45) is 7.05 Å². The molecule has 0 radical (unpaired) electrons. The monoisotopic (exact) mass is 681 g/mol. The van der Waals surface area contributed by atoms with Crippen molar-refractivity contribution in [3.8, 4) is 5.75 Å². The van der Waals surface area contributed by atoms with Crippen molar-refractivity contribution in [1.29, 1.82) is 0 Å². The number of carbonyl (C=O) groups excluding carboxylic acids is 2. The second kappa shape index (κ2) is 15.5. The Morgan fingerprint density at radius 3 is 2.19 bits per heavy atom. The number of halogens is 2. The Kier molecular flexibility index (Phi) is 11.7. The Morgan fingerprint density at radius 2 is 1.60 bits per heavy atom. The Hall–Kier alpha value is -4.58. The van der Waals surface area contributed by atoms with Gasteiger partial charge in [-0.3, -0.25) is 4.79 Å². The fraction of sp³-hybridized carbons (Fsp3) is 0.361. The zero-order valence-electron chi connectivity index (χ0n) is 27.7. The van der Waals surface area contributed by atoms with Crippen LogP contribution in [0.1, 0.15) is 66.2 Å². The van der Waals surface area contributed by atoms with Crippen LogP contribution in [-0.2, 0) is 45.7 Å². The summed E-state index contributed by atoms with van der Waals surface area (Å²) in [6.45, 7) is 5.03. The van der Waals surface area contributed by atoms with Gasteiger partial charge in [-0.1, -0.05) is 30.3 Å². The van der Waals surface area contributed by atoms with Crippen LogP contribution < -0.4 is 10.1 Å². The van der Waals surface area contributed by atoms with Crippen LogP contribution in [0.3, 0.4) is 0 Å². The fourth-order valence-corrected chi connectivity index (χ4v) is 5.67. The van der Waals surface area contributed by atoms with Crippen LogP contribution in [0.5, 0.6) is 5.75 Å². The number of nitrogens with zero attached hydrogens (tertiary/aromatic N) is 2. The lowest BCUT2D eigenvalue weighted by Crippen LogP contribution is -2.45. The zero-order valence-corrected chi connectivity index (χ0v) is 28.5. The molecule has 0 saturated heterocycles. The van der Waals surface area contributed by atoms with Crippen molar-refractivity contribution in [3.63, 3.8) is 0 Å². The molecule has 1 unspecified atom stereocenters. The summed E-state index contributed by atoms with van der Waals surface area (Å²) < 4.78 is 65.1. The maximum absolute atomic E-state index is 13.9. The van der Waals surface area contributed by atoms with Gasteiger partial charge in [0, 0.05) is 37.7 Å². The van der Waals surface area contributed by atoms with E-state index in [0.29, 0.717) is 36.1 Å². The molecule has 1 aromatic heterocycles. The second-order valence-corrected chi connectivity index (χ2v) is 15.0. The first kappa shape index (κ1) is 36.3. The molecule has 0 saturated carbocycles. The quantitative estimate of drug-likeness (QED) is 0.169. The van der Waals surface area contributed by atoms with E-state index in [-0.39, 0.29) is 23.6 Å². The standard InChI is InChI=1S/C36H41F2N3O6S/c1-36(2,3)47-35(43)31(18-21-48(5,44)45)40-34(42)30-22-29(17-12-25(30)9-6-24-7-13-27(37)14-8-24)46-32(23-33-39-19-20-41(33)4)26-10-15-28(38)16-11-26/h7-8,10-17,19-20,22,31-32H,6,9,18,21,23H2,1-5H3,(H,40,42)/t31-,32?/m0/s1. The highest BCUT2D eigenvalue weighted by Gasteiger charge is 2.29. The maximum atomic E-state index is 13.9. The minimum Gasteiger partial charge on any atom is -0.485 e. The molecule has 9 nitrogen and oxygen atoms in total. The molecule has 1 amide bonds. The minimum atomic E-state index is -3.46. The number of sulfone groups is 1. The van der Waals surface area contributed by atoms with Gasteiger partial charge in [-0.05, 0) is 93.1 Å². The molecular weight excluding hydrogens is 640 g/mol. The lowest BCUT2D eigenvalue weighted by atomic mass is 9.98. The predicted molar refractivity (Wildman–Crippen MR) is 178 cm³/mol. The van der Waals surface area contributed by atoms with Gasteiger partial charge in [0.1, 0.15) is 50.8 Å². The summed E-state index contributed by atoms with van der Waals surface area (Å²) in [5.41, 5.74) is 1.50. The van der Waals surface area contributed by atoms with E-state index in [0.717, 1.165) is 17.6 Å². The van der Waals surface area contributed by atoms with Crippen molar-refractivity contribution in [2.75, 3.05) is 12.0 Å². The van der Waals surface area contributed by atoms with Gasteiger partial charge in [-0.2, -0.15) is 0 Å². The molecule has 3 aromatic carbocycles. The van der Waals surface area contributed by atoms with Crippen molar-refractivity contribution in [3.05, 3.63) is 119 Å². The maximum Gasteiger partial charge on any atom is 0.329 e. The minimum absolute atomic E-state index is 0.184. The van der Waals surface area contributed by atoms with Gasteiger partial charge in [0.25, 0.3) is 5.91 Å². The number of rotatable bonds is 14. The molecule has 0 spiro atoms. The lowest BCUT2D eigenvalue weighted by Gasteiger charge is -2.25. The van der Waals surface area contributed by atoms with Gasteiger partial charge >= 0.3 is 5.97 Å². The Bertz CT molecular complexity index is 1820. The molecule has 0 bridgehead atoms. The van der Waals surface area contributed by atoms with Gasteiger partial charge in [-0.25, -0.2) is 27.0 Å². The first-order valence-corrected chi connectivity index (χ1v) is 17.6. The van der Waals surface area contributed by atoms with E-state index >= 15 is 0 Å². The molecule has 1 heterocycles. The molecule has 0 aliphatic carbocycles. The smallest absolute Gasteiger partial charge is 0.329 e. The van der Waals surface area contributed by atoms with Crippen molar-refractivity contribution in [1.82, 2.24) is 14.9 Å². The van der Waals surface area contributed by atoms with Crippen molar-refractivity contribution in [2.45, 2.75) is 64.2 Å². The molecule has 2 atom stereocenters. The first-order valence-electron chi connectivity index (χ1n) is 15.5. The number of imidazole rings is 1. The summed E-state index contributed by atoms with van der Waals surface area (Å²) in [6.07, 6.45) is 4.97. The number of nitrogens with one attached hydrogen (secondary N) is 1. The SMILES string of the molecule is Cn1ccnc1CC(Oc1ccc(CCc2ccc(F)cc2)c(C(=O)N[C@@H](CCS(C)(=O)=O)C(=O)OC(C)(C)C)c1)c1ccc(F)cc1. The van der Waals surface area contributed by atoms with Gasteiger partial charge < -0.3 is 19.4 Å². The van der Waals surface area contributed by atoms with Crippen LogP contribution in [0.4, 0.5) is 8.78 Å². The number of ether oxygens (including phenoxy) is 2. The summed E-state index contributed by atoms with van der Waals surface area (Å²) in [5, 5.41) is 2.70. The summed E-state index contributed by atoms with van der Waals surface area (Å²) in [4.78, 5) is 31.5. The summed E-state index contributed by atoms with van der Waals surface area (Å²) in [5.74, 6) is -1.42. The molecule has 0 aliphatic rings. The van der Waals surface area contributed by atoms with E-state index in [1.54, 1.807) is 75.6 Å². The molecule has 0 fully saturated rings. The van der Waals surface area contributed by atoms with Crippen molar-refractivity contribution >= 4 is 21.7 Å². The number of benzene rings is 3. The highest BCUT2D eigenvalue weighted by molar-refractivity contribution is 7.90. The Morgan fingerprint density at radius 1 is 0.958 bits per heavy atom. The molecule has 1 N–H and O–H groups in total. The van der Waals surface area contributed by atoms with Gasteiger partial charge in [0.05, 0.1) is 5.75 Å². The van der Waals surface area contributed by atoms with E-state index in [2.05, 4.69) is 10.3 Å². The molecule has 48 heavy (non-hydrogen) atoms. The summed E-state index contributed by atoms with van der Waals surface area (Å²) >= 11 is 0. The van der Waals surface area contributed by atoms with E-state index in [4.69, 9.17) is 9.47 Å².